The minimum atomic E-state index is 0.0852. The molecule has 2 aliphatic rings. The van der Waals surface area contributed by atoms with E-state index in [1.54, 1.807) is 7.11 Å². The average Bonchev–Trinajstić information content (AvgIpc) is 2.84. The van der Waals surface area contributed by atoms with Crippen LogP contribution in [0.1, 0.15) is 24.5 Å². The van der Waals surface area contributed by atoms with E-state index in [9.17, 15) is 0 Å². The van der Waals surface area contributed by atoms with Crippen LogP contribution in [0.3, 0.4) is 0 Å². The number of aromatic nitrogens is 1. The minimum Gasteiger partial charge on any atom is -0.497 e. The highest BCUT2D eigenvalue weighted by molar-refractivity contribution is 6.11. The van der Waals surface area contributed by atoms with Gasteiger partial charge in [-0.15, -0.1) is 0 Å². The van der Waals surface area contributed by atoms with Crippen LogP contribution in [0.25, 0.3) is 10.8 Å². The van der Waals surface area contributed by atoms with E-state index in [1.807, 2.05) is 0 Å². The molecule has 2 unspecified atom stereocenters. The topological polar surface area (TPSA) is 65.0 Å². The van der Waals surface area contributed by atoms with Crippen molar-refractivity contribution < 1.29 is 4.74 Å². The zero-order valence-corrected chi connectivity index (χ0v) is 21.1. The van der Waals surface area contributed by atoms with Gasteiger partial charge < -0.3 is 25.2 Å². The van der Waals surface area contributed by atoms with Gasteiger partial charge in [0.25, 0.3) is 0 Å². The molecule has 34 heavy (non-hydrogen) atoms. The summed E-state index contributed by atoms with van der Waals surface area (Å²) in [6, 6.07) is 8.51. The Labute approximate surface area is 203 Å². The molecule has 7 heteroatoms. The quantitative estimate of drug-likeness (QED) is 0.517. The van der Waals surface area contributed by atoms with Crippen molar-refractivity contribution in [3.05, 3.63) is 53.9 Å². The lowest BCUT2D eigenvalue weighted by Crippen LogP contribution is -2.35. The molecule has 2 heterocycles. The first kappa shape index (κ1) is 24.2. The fourth-order valence-electron chi connectivity index (χ4n) is 4.64. The molecule has 182 valence electrons. The summed E-state index contributed by atoms with van der Waals surface area (Å²) in [4.78, 5) is 14.6. The number of hydrogen-bond acceptors (Lipinski definition) is 6. The lowest BCUT2D eigenvalue weighted by atomic mass is 9.80. The first-order valence-corrected chi connectivity index (χ1v) is 12.2. The van der Waals surface area contributed by atoms with Crippen LogP contribution in [-0.2, 0) is 4.74 Å². The van der Waals surface area contributed by atoms with Crippen LogP contribution in [0, 0.1) is 5.92 Å². The number of nitrogens with zero attached hydrogens (tertiary/aromatic N) is 4. The Bertz CT molecular complexity index is 1090. The van der Waals surface area contributed by atoms with Gasteiger partial charge in [0.05, 0.1) is 24.4 Å². The summed E-state index contributed by atoms with van der Waals surface area (Å²) < 4.78 is 5.56. The monoisotopic (exact) mass is 462 g/mol. The number of aliphatic imine (C=N–C) groups is 1. The van der Waals surface area contributed by atoms with Crippen molar-refractivity contribution in [1.29, 1.82) is 0 Å². The maximum atomic E-state index is 5.56. The van der Waals surface area contributed by atoms with E-state index in [0.29, 0.717) is 0 Å². The van der Waals surface area contributed by atoms with Crippen LogP contribution in [0.2, 0.25) is 0 Å². The van der Waals surface area contributed by atoms with Gasteiger partial charge in [-0.3, -0.25) is 4.99 Å². The Morgan fingerprint density at radius 3 is 2.50 bits per heavy atom. The third-order valence-electron chi connectivity index (χ3n) is 6.38. The number of ether oxygens (including phenoxy) is 1. The predicted molar refractivity (Wildman–Crippen MR) is 143 cm³/mol. The average molecular weight is 463 g/mol. The first-order chi connectivity index (χ1) is 16.5. The molecule has 1 aromatic carbocycles. The highest BCUT2D eigenvalue weighted by atomic mass is 16.5. The number of allylic oxidation sites excluding steroid dienone is 2. The number of pyridine rings is 1. The van der Waals surface area contributed by atoms with E-state index in [4.69, 9.17) is 14.7 Å². The van der Waals surface area contributed by atoms with Crippen LogP contribution in [0.5, 0.6) is 0 Å². The molecule has 1 aliphatic carbocycles. The second-order valence-electron chi connectivity index (χ2n) is 9.58. The van der Waals surface area contributed by atoms with Gasteiger partial charge in [0.15, 0.2) is 0 Å². The molecule has 0 bridgehead atoms. The fraction of sp³-hybridized carbons (Fsp3) is 0.481. The third-order valence-corrected chi connectivity index (χ3v) is 6.38. The Hall–Kier alpha value is -2.90. The molecule has 0 radical (unpaired) electrons. The van der Waals surface area contributed by atoms with Gasteiger partial charge in [0.1, 0.15) is 17.4 Å². The van der Waals surface area contributed by atoms with Crippen molar-refractivity contribution in [3.63, 3.8) is 0 Å². The molecular weight excluding hydrogens is 424 g/mol. The molecule has 0 amide bonds. The maximum absolute atomic E-state index is 5.56. The zero-order valence-electron chi connectivity index (χ0n) is 21.1. The molecule has 7 nitrogen and oxygen atoms in total. The number of rotatable bonds is 10. The molecule has 4 rings (SSSR count). The van der Waals surface area contributed by atoms with Crippen molar-refractivity contribution in [3.8, 4) is 0 Å². The van der Waals surface area contributed by atoms with Crippen molar-refractivity contribution in [2.24, 2.45) is 10.9 Å². The van der Waals surface area contributed by atoms with Crippen molar-refractivity contribution in [2.75, 3.05) is 72.1 Å². The van der Waals surface area contributed by atoms with E-state index in [2.05, 4.69) is 91.1 Å². The molecule has 1 aliphatic heterocycles. The van der Waals surface area contributed by atoms with Crippen LogP contribution in [0.15, 0.2) is 53.2 Å². The summed E-state index contributed by atoms with van der Waals surface area (Å²) in [5.41, 5.74) is 2.13. The van der Waals surface area contributed by atoms with Crippen LogP contribution >= 0.6 is 0 Å². The van der Waals surface area contributed by atoms with Gasteiger partial charge in [-0.05, 0) is 66.3 Å². The van der Waals surface area contributed by atoms with Gasteiger partial charge in [-0.2, -0.15) is 0 Å². The predicted octanol–water partition coefficient (Wildman–Crippen LogP) is 4.17. The lowest BCUT2D eigenvalue weighted by Gasteiger charge is -2.35. The molecule has 0 spiro atoms. The smallest absolute Gasteiger partial charge is 0.134 e. The van der Waals surface area contributed by atoms with E-state index >= 15 is 0 Å². The number of anilines is 2. The Kier molecular flexibility index (Phi) is 7.85. The molecule has 1 aromatic heterocycles. The minimum absolute atomic E-state index is 0.0852. The molecule has 2 atom stereocenters. The number of hydrogen-bond donors (Lipinski definition) is 2. The molecule has 2 N–H and O–H groups in total. The van der Waals surface area contributed by atoms with E-state index in [0.717, 1.165) is 73.2 Å². The second kappa shape index (κ2) is 11.0. The van der Waals surface area contributed by atoms with Crippen LogP contribution < -0.4 is 10.6 Å². The van der Waals surface area contributed by atoms with Crippen molar-refractivity contribution >= 4 is 28.1 Å². The number of methoxy groups -OCH3 is 1. The number of amidine groups is 1. The summed E-state index contributed by atoms with van der Waals surface area (Å²) in [5, 5.41) is 9.61. The first-order valence-electron chi connectivity index (χ1n) is 12.2. The Morgan fingerprint density at radius 1 is 1.03 bits per heavy atom. The number of nitrogens with one attached hydrogen (secondary N) is 2. The fourth-order valence-corrected chi connectivity index (χ4v) is 4.64. The van der Waals surface area contributed by atoms with Crippen LogP contribution in [-0.4, -0.2) is 82.1 Å². The maximum Gasteiger partial charge on any atom is 0.134 e. The highest BCUT2D eigenvalue weighted by Gasteiger charge is 2.36. The van der Waals surface area contributed by atoms with Gasteiger partial charge in [0.2, 0.25) is 0 Å². The second-order valence-corrected chi connectivity index (χ2v) is 9.58. The zero-order chi connectivity index (χ0) is 24.1. The van der Waals surface area contributed by atoms with Crippen LogP contribution in [0.4, 0.5) is 11.5 Å². The normalized spacial score (nSPS) is 20.3. The van der Waals surface area contributed by atoms with E-state index in [1.165, 1.54) is 5.39 Å². The van der Waals surface area contributed by atoms with Gasteiger partial charge in [-0.1, -0.05) is 30.3 Å². The standard InChI is InChI=1S/C27H38N6O/c1-32(2)16-8-14-28-26-22-11-7-6-10-20(22)24-25(30-26)21-13-12-19(34-5)18-23(21)27(31-24)29-15-9-17-33(3)4/h6-7,10-13,18,21,23H,8-9,14-17H2,1-5H3,(H,28,30)(H,29,31). The van der Waals surface area contributed by atoms with Gasteiger partial charge in [-0.25, -0.2) is 4.98 Å². The molecule has 0 saturated heterocycles. The summed E-state index contributed by atoms with van der Waals surface area (Å²) in [6.07, 6.45) is 8.53. The summed E-state index contributed by atoms with van der Waals surface area (Å²) >= 11 is 0. The Balaban J connectivity index is 1.71. The van der Waals surface area contributed by atoms with E-state index < -0.39 is 0 Å². The lowest BCUT2D eigenvalue weighted by molar-refractivity contribution is 0.300. The van der Waals surface area contributed by atoms with Gasteiger partial charge >= 0.3 is 0 Å². The molecule has 0 fully saturated rings. The summed E-state index contributed by atoms with van der Waals surface area (Å²) in [5.74, 6) is 3.02. The third kappa shape index (κ3) is 5.42. The largest absolute Gasteiger partial charge is 0.497 e. The Morgan fingerprint density at radius 2 is 1.76 bits per heavy atom. The molecule has 0 saturated carbocycles. The number of benzene rings is 1. The SMILES string of the molecule is COC1=CC2C(=NCCCN(C)C)Nc3c(nc(NCCCN(C)C)c4ccccc34)C2C=C1. The molecular formula is C27H38N6O. The highest BCUT2D eigenvalue weighted by Crippen LogP contribution is 2.44. The van der Waals surface area contributed by atoms with Crippen molar-refractivity contribution in [1.82, 2.24) is 14.8 Å². The van der Waals surface area contributed by atoms with E-state index in [-0.39, 0.29) is 11.8 Å². The summed E-state index contributed by atoms with van der Waals surface area (Å²) in [7, 11) is 10.1. The summed E-state index contributed by atoms with van der Waals surface area (Å²) in [6.45, 7) is 3.74. The number of fused-ring (bicyclic) bond motifs is 5. The van der Waals surface area contributed by atoms with Gasteiger partial charge in [0, 0.05) is 29.8 Å². The van der Waals surface area contributed by atoms with Crippen molar-refractivity contribution in [2.45, 2.75) is 18.8 Å². The molecule has 2 aromatic rings.